The van der Waals surface area contributed by atoms with Crippen molar-refractivity contribution in [3.05, 3.63) is 17.7 Å². The second-order valence-corrected chi connectivity index (χ2v) is 5.35. The SMILES string of the molecule is CCC1CN(C(=O)c2cc(OC)c3c(c2)OCCO3)CCO1. The highest BCUT2D eigenvalue weighted by Crippen LogP contribution is 2.40. The van der Waals surface area contributed by atoms with E-state index in [0.29, 0.717) is 55.7 Å². The molecule has 2 aliphatic rings. The molecule has 1 saturated heterocycles. The molecular formula is C16H21NO5. The van der Waals surface area contributed by atoms with E-state index in [1.165, 1.54) is 0 Å². The standard InChI is InChI=1S/C16H21NO5/c1-3-12-10-17(4-5-20-12)16(18)11-8-13(19-2)15-14(9-11)21-6-7-22-15/h8-9,12H,3-7,10H2,1-2H3. The van der Waals surface area contributed by atoms with Crippen molar-refractivity contribution in [3.8, 4) is 17.2 Å². The Morgan fingerprint density at radius 1 is 1.32 bits per heavy atom. The van der Waals surface area contributed by atoms with Crippen molar-refractivity contribution in [3.63, 3.8) is 0 Å². The van der Waals surface area contributed by atoms with Gasteiger partial charge in [-0.2, -0.15) is 0 Å². The summed E-state index contributed by atoms with van der Waals surface area (Å²) in [6.45, 7) is 4.82. The van der Waals surface area contributed by atoms with Crippen molar-refractivity contribution < 1.29 is 23.7 Å². The summed E-state index contributed by atoms with van der Waals surface area (Å²) in [6.07, 6.45) is 1.01. The van der Waals surface area contributed by atoms with Gasteiger partial charge in [-0.1, -0.05) is 6.92 Å². The monoisotopic (exact) mass is 307 g/mol. The number of benzene rings is 1. The first-order valence-corrected chi connectivity index (χ1v) is 7.61. The predicted molar refractivity (Wildman–Crippen MR) is 79.9 cm³/mol. The lowest BCUT2D eigenvalue weighted by molar-refractivity contribution is -0.0226. The maximum Gasteiger partial charge on any atom is 0.254 e. The second-order valence-electron chi connectivity index (χ2n) is 5.35. The molecule has 2 heterocycles. The average Bonchev–Trinajstić information content (AvgIpc) is 2.60. The Morgan fingerprint density at radius 3 is 2.91 bits per heavy atom. The van der Waals surface area contributed by atoms with Gasteiger partial charge >= 0.3 is 0 Å². The maximum absolute atomic E-state index is 12.7. The van der Waals surface area contributed by atoms with Crippen LogP contribution in [0.4, 0.5) is 0 Å². The predicted octanol–water partition coefficient (Wildman–Crippen LogP) is 1.72. The molecule has 2 aliphatic heterocycles. The molecule has 1 unspecified atom stereocenters. The summed E-state index contributed by atoms with van der Waals surface area (Å²) < 4.78 is 22.1. The molecule has 1 fully saturated rings. The summed E-state index contributed by atoms with van der Waals surface area (Å²) in [6, 6.07) is 3.45. The van der Waals surface area contributed by atoms with E-state index in [1.807, 2.05) is 4.90 Å². The number of morpholine rings is 1. The zero-order valence-electron chi connectivity index (χ0n) is 13.0. The maximum atomic E-state index is 12.7. The van der Waals surface area contributed by atoms with Gasteiger partial charge < -0.3 is 23.8 Å². The normalized spacial score (nSPS) is 20.6. The molecule has 3 rings (SSSR count). The van der Waals surface area contributed by atoms with E-state index in [0.717, 1.165) is 6.42 Å². The molecule has 1 aromatic rings. The van der Waals surface area contributed by atoms with Gasteiger partial charge in [-0.05, 0) is 18.6 Å². The molecule has 0 aliphatic carbocycles. The summed E-state index contributed by atoms with van der Waals surface area (Å²) in [5, 5.41) is 0. The van der Waals surface area contributed by atoms with Crippen molar-refractivity contribution in [1.82, 2.24) is 4.90 Å². The van der Waals surface area contributed by atoms with E-state index in [2.05, 4.69) is 6.92 Å². The number of ether oxygens (including phenoxy) is 4. The zero-order chi connectivity index (χ0) is 15.5. The molecule has 6 heteroatoms. The molecule has 0 N–H and O–H groups in total. The number of hydrogen-bond donors (Lipinski definition) is 0. The molecule has 0 bridgehead atoms. The highest BCUT2D eigenvalue weighted by Gasteiger charge is 2.27. The molecule has 0 radical (unpaired) electrons. The minimum Gasteiger partial charge on any atom is -0.493 e. The van der Waals surface area contributed by atoms with Gasteiger partial charge in [0, 0.05) is 18.7 Å². The molecule has 22 heavy (non-hydrogen) atoms. The van der Waals surface area contributed by atoms with Crippen LogP contribution in [0, 0.1) is 0 Å². The molecule has 0 saturated carbocycles. The van der Waals surface area contributed by atoms with Gasteiger partial charge in [0.05, 0.1) is 19.8 Å². The Morgan fingerprint density at radius 2 is 2.14 bits per heavy atom. The Hall–Kier alpha value is -1.95. The minimum atomic E-state index is -0.0305. The van der Waals surface area contributed by atoms with E-state index >= 15 is 0 Å². The first-order valence-electron chi connectivity index (χ1n) is 7.61. The fourth-order valence-corrected chi connectivity index (χ4v) is 2.73. The van der Waals surface area contributed by atoms with Gasteiger partial charge in [0.1, 0.15) is 13.2 Å². The number of rotatable bonds is 3. The summed E-state index contributed by atoms with van der Waals surface area (Å²) >= 11 is 0. The number of carbonyl (C=O) groups is 1. The smallest absolute Gasteiger partial charge is 0.254 e. The third-order valence-corrected chi connectivity index (χ3v) is 3.96. The Labute approximate surface area is 129 Å². The lowest BCUT2D eigenvalue weighted by Gasteiger charge is -2.33. The van der Waals surface area contributed by atoms with Crippen LogP contribution in [0.5, 0.6) is 17.2 Å². The lowest BCUT2D eigenvalue weighted by Crippen LogP contribution is -2.45. The minimum absolute atomic E-state index is 0.0305. The second kappa shape index (κ2) is 6.44. The molecule has 1 aromatic carbocycles. The quantitative estimate of drug-likeness (QED) is 0.851. The molecule has 1 atom stereocenters. The third-order valence-electron chi connectivity index (χ3n) is 3.96. The molecular weight excluding hydrogens is 286 g/mol. The summed E-state index contributed by atoms with van der Waals surface area (Å²) in [4.78, 5) is 14.6. The van der Waals surface area contributed by atoms with E-state index < -0.39 is 0 Å². The summed E-state index contributed by atoms with van der Waals surface area (Å²) in [7, 11) is 1.56. The van der Waals surface area contributed by atoms with Gasteiger partial charge in [-0.3, -0.25) is 4.79 Å². The van der Waals surface area contributed by atoms with Gasteiger partial charge in [-0.25, -0.2) is 0 Å². The van der Waals surface area contributed by atoms with Gasteiger partial charge in [-0.15, -0.1) is 0 Å². The fraction of sp³-hybridized carbons (Fsp3) is 0.562. The van der Waals surface area contributed by atoms with Crippen molar-refractivity contribution in [2.24, 2.45) is 0 Å². The first-order chi connectivity index (χ1) is 10.7. The summed E-state index contributed by atoms with van der Waals surface area (Å²) in [5.74, 6) is 1.63. The molecule has 6 nitrogen and oxygen atoms in total. The van der Waals surface area contributed by atoms with Crippen molar-refractivity contribution in [2.75, 3.05) is 40.0 Å². The van der Waals surface area contributed by atoms with Gasteiger partial charge in [0.15, 0.2) is 11.5 Å². The van der Waals surface area contributed by atoms with Crippen LogP contribution in [0.2, 0.25) is 0 Å². The van der Waals surface area contributed by atoms with Crippen molar-refractivity contribution in [2.45, 2.75) is 19.4 Å². The van der Waals surface area contributed by atoms with E-state index in [9.17, 15) is 4.79 Å². The van der Waals surface area contributed by atoms with Gasteiger partial charge in [0.25, 0.3) is 5.91 Å². The van der Waals surface area contributed by atoms with Gasteiger partial charge in [0.2, 0.25) is 5.75 Å². The number of amides is 1. The lowest BCUT2D eigenvalue weighted by atomic mass is 10.1. The average molecular weight is 307 g/mol. The first kappa shape index (κ1) is 15.0. The van der Waals surface area contributed by atoms with Crippen LogP contribution in [0.3, 0.4) is 0 Å². The highest BCUT2D eigenvalue weighted by molar-refractivity contribution is 5.95. The number of nitrogens with zero attached hydrogens (tertiary/aromatic N) is 1. The fourth-order valence-electron chi connectivity index (χ4n) is 2.73. The Bertz CT molecular complexity index is 542. The van der Waals surface area contributed by atoms with Crippen molar-refractivity contribution >= 4 is 5.91 Å². The zero-order valence-corrected chi connectivity index (χ0v) is 13.0. The van der Waals surface area contributed by atoms with Crippen LogP contribution in [0.1, 0.15) is 23.7 Å². The Balaban J connectivity index is 1.86. The van der Waals surface area contributed by atoms with Crippen LogP contribution < -0.4 is 14.2 Å². The molecule has 1 amide bonds. The molecule has 120 valence electrons. The number of fused-ring (bicyclic) bond motifs is 1. The third kappa shape index (κ3) is 2.83. The highest BCUT2D eigenvalue weighted by atomic mass is 16.6. The summed E-state index contributed by atoms with van der Waals surface area (Å²) in [5.41, 5.74) is 0.554. The van der Waals surface area contributed by atoms with Crippen LogP contribution in [0.25, 0.3) is 0 Å². The number of methoxy groups -OCH3 is 1. The van der Waals surface area contributed by atoms with Crippen LogP contribution in [0.15, 0.2) is 12.1 Å². The largest absolute Gasteiger partial charge is 0.493 e. The van der Waals surface area contributed by atoms with E-state index in [-0.39, 0.29) is 12.0 Å². The van der Waals surface area contributed by atoms with E-state index in [4.69, 9.17) is 18.9 Å². The van der Waals surface area contributed by atoms with Crippen LogP contribution >= 0.6 is 0 Å². The molecule has 0 spiro atoms. The Kier molecular flexibility index (Phi) is 4.38. The number of hydrogen-bond acceptors (Lipinski definition) is 5. The topological polar surface area (TPSA) is 57.2 Å². The van der Waals surface area contributed by atoms with Crippen molar-refractivity contribution in [1.29, 1.82) is 0 Å². The van der Waals surface area contributed by atoms with E-state index in [1.54, 1.807) is 19.2 Å². The van der Waals surface area contributed by atoms with Crippen LogP contribution in [-0.4, -0.2) is 56.9 Å². The molecule has 0 aromatic heterocycles. The van der Waals surface area contributed by atoms with Crippen LogP contribution in [-0.2, 0) is 4.74 Å². The number of carbonyl (C=O) groups excluding carboxylic acids is 1.